The van der Waals surface area contributed by atoms with Crippen LogP contribution in [0.1, 0.15) is 22.5 Å². The molecule has 0 aliphatic carbocycles. The van der Waals surface area contributed by atoms with Crippen LogP contribution in [-0.2, 0) is 17.8 Å². The van der Waals surface area contributed by atoms with Crippen LogP contribution in [0.5, 0.6) is 0 Å². The third-order valence-corrected chi connectivity index (χ3v) is 4.27. The van der Waals surface area contributed by atoms with Gasteiger partial charge >= 0.3 is 0 Å². The predicted octanol–water partition coefficient (Wildman–Crippen LogP) is 2.41. The van der Waals surface area contributed by atoms with Crippen LogP contribution in [-0.4, -0.2) is 40.5 Å². The third kappa shape index (κ3) is 3.81. The molecule has 0 amide bonds. The Bertz CT molecular complexity index is 765. The second kappa shape index (κ2) is 7.12. The van der Waals surface area contributed by atoms with E-state index >= 15 is 0 Å². The molecule has 0 spiro atoms. The molecule has 1 fully saturated rings. The molecule has 0 N–H and O–H groups in total. The van der Waals surface area contributed by atoms with Gasteiger partial charge in [-0.25, -0.2) is 4.39 Å². The van der Waals surface area contributed by atoms with E-state index in [1.165, 1.54) is 12.1 Å². The van der Waals surface area contributed by atoms with Gasteiger partial charge in [0.25, 0.3) is 0 Å². The van der Waals surface area contributed by atoms with E-state index in [9.17, 15) is 4.39 Å². The number of morpholine rings is 1. The third-order valence-electron chi connectivity index (χ3n) is 4.27. The van der Waals surface area contributed by atoms with Crippen LogP contribution >= 0.6 is 0 Å². The zero-order chi connectivity index (χ0) is 17.1. The molecular weight excluding hydrogens is 307 g/mol. The van der Waals surface area contributed by atoms with Gasteiger partial charge in [0.1, 0.15) is 5.82 Å². The number of halogens is 1. The van der Waals surface area contributed by atoms with Gasteiger partial charge in [-0.2, -0.15) is 10.4 Å². The molecule has 0 bridgehead atoms. The fraction of sp³-hybridized carbons (Fsp3) is 0.444. The van der Waals surface area contributed by atoms with E-state index in [0.717, 1.165) is 17.9 Å². The highest BCUT2D eigenvalue weighted by Gasteiger charge is 2.22. The zero-order valence-electron chi connectivity index (χ0n) is 14.0. The fourth-order valence-electron chi connectivity index (χ4n) is 3.09. The molecule has 1 aliphatic heterocycles. The molecule has 1 saturated heterocycles. The van der Waals surface area contributed by atoms with Crippen LogP contribution < -0.4 is 0 Å². The lowest BCUT2D eigenvalue weighted by Crippen LogP contribution is -2.44. The average Bonchev–Trinajstić information content (AvgIpc) is 2.87. The summed E-state index contributed by atoms with van der Waals surface area (Å²) in [4.78, 5) is 2.17. The van der Waals surface area contributed by atoms with Crippen molar-refractivity contribution in [2.45, 2.75) is 33.0 Å². The van der Waals surface area contributed by atoms with Crippen molar-refractivity contribution in [3.05, 3.63) is 52.6 Å². The number of nitriles is 1. The van der Waals surface area contributed by atoms with Gasteiger partial charge in [0.15, 0.2) is 0 Å². The predicted molar refractivity (Wildman–Crippen MR) is 87.8 cm³/mol. The summed E-state index contributed by atoms with van der Waals surface area (Å²) in [7, 11) is 0. The van der Waals surface area contributed by atoms with Gasteiger partial charge in [-0.3, -0.25) is 9.58 Å². The number of rotatable bonds is 4. The number of aromatic nitrogens is 2. The second-order valence-corrected chi connectivity index (χ2v) is 6.26. The van der Waals surface area contributed by atoms with Gasteiger partial charge in [0.2, 0.25) is 0 Å². The Hall–Kier alpha value is -2.23. The van der Waals surface area contributed by atoms with Crippen molar-refractivity contribution in [2.24, 2.45) is 0 Å². The molecule has 1 aromatic heterocycles. The Balaban J connectivity index is 1.66. The van der Waals surface area contributed by atoms with E-state index < -0.39 is 0 Å². The summed E-state index contributed by atoms with van der Waals surface area (Å²) in [6.45, 7) is 7.27. The van der Waals surface area contributed by atoms with Crippen LogP contribution in [0, 0.1) is 31.0 Å². The van der Waals surface area contributed by atoms with Crippen molar-refractivity contribution in [1.29, 1.82) is 5.26 Å². The molecule has 1 atom stereocenters. The van der Waals surface area contributed by atoms with Gasteiger partial charge in [-0.15, -0.1) is 0 Å². The van der Waals surface area contributed by atoms with E-state index in [4.69, 9.17) is 10.00 Å². The maximum atomic E-state index is 14.0. The van der Waals surface area contributed by atoms with E-state index in [2.05, 4.69) is 16.1 Å². The lowest BCUT2D eigenvalue weighted by atomic mass is 10.1. The molecule has 126 valence electrons. The first-order valence-corrected chi connectivity index (χ1v) is 8.08. The Labute approximate surface area is 141 Å². The molecule has 24 heavy (non-hydrogen) atoms. The number of hydrogen-bond donors (Lipinski definition) is 0. The van der Waals surface area contributed by atoms with Crippen molar-refractivity contribution >= 4 is 0 Å². The summed E-state index contributed by atoms with van der Waals surface area (Å²) in [5.74, 6) is -0.268. The number of ether oxygens (including phenoxy) is 1. The average molecular weight is 328 g/mol. The SMILES string of the molecule is Cc1cc(C)n(C[C@H]2CN(Cc3cc(C#N)ccc3F)CCO2)n1. The monoisotopic (exact) mass is 328 g/mol. The summed E-state index contributed by atoms with van der Waals surface area (Å²) >= 11 is 0. The quantitative estimate of drug-likeness (QED) is 0.865. The van der Waals surface area contributed by atoms with E-state index in [-0.39, 0.29) is 11.9 Å². The van der Waals surface area contributed by atoms with Crippen LogP contribution in [0.2, 0.25) is 0 Å². The standard InChI is InChI=1S/C18H21FN4O/c1-13-7-14(2)23(21-13)12-17-11-22(5-6-24-17)10-16-8-15(9-20)3-4-18(16)19/h3-4,7-8,17H,5-6,10-12H2,1-2H3/t17-/m1/s1. The first-order valence-electron chi connectivity index (χ1n) is 8.08. The summed E-state index contributed by atoms with van der Waals surface area (Å²) < 4.78 is 21.8. The number of aryl methyl sites for hydroxylation is 2. The molecule has 0 unspecified atom stereocenters. The highest BCUT2D eigenvalue weighted by Crippen LogP contribution is 2.16. The van der Waals surface area contributed by atoms with E-state index in [1.54, 1.807) is 6.07 Å². The summed E-state index contributed by atoms with van der Waals surface area (Å²) in [6, 6.07) is 8.60. The molecule has 2 aromatic rings. The molecule has 5 nitrogen and oxygen atoms in total. The normalized spacial score (nSPS) is 18.5. The topological polar surface area (TPSA) is 54.1 Å². The molecule has 3 rings (SSSR count). The largest absolute Gasteiger partial charge is 0.374 e. The molecular formula is C18H21FN4O. The molecule has 0 saturated carbocycles. The van der Waals surface area contributed by atoms with Gasteiger partial charge in [-0.1, -0.05) is 0 Å². The number of nitrogens with zero attached hydrogens (tertiary/aromatic N) is 4. The van der Waals surface area contributed by atoms with Gasteiger partial charge in [0.05, 0.1) is 36.6 Å². The highest BCUT2D eigenvalue weighted by molar-refractivity contribution is 5.33. The summed E-state index contributed by atoms with van der Waals surface area (Å²) in [5.41, 5.74) is 3.15. The number of hydrogen-bond acceptors (Lipinski definition) is 4. The van der Waals surface area contributed by atoms with Gasteiger partial charge in [-0.05, 0) is 38.1 Å². The van der Waals surface area contributed by atoms with Crippen LogP contribution in [0.25, 0.3) is 0 Å². The number of benzene rings is 1. The van der Waals surface area contributed by atoms with E-state index in [0.29, 0.717) is 37.4 Å². The van der Waals surface area contributed by atoms with Crippen LogP contribution in [0.3, 0.4) is 0 Å². The maximum absolute atomic E-state index is 14.0. The lowest BCUT2D eigenvalue weighted by molar-refractivity contribution is -0.0407. The highest BCUT2D eigenvalue weighted by atomic mass is 19.1. The minimum absolute atomic E-state index is 0.0268. The molecule has 2 heterocycles. The van der Waals surface area contributed by atoms with Crippen molar-refractivity contribution in [1.82, 2.24) is 14.7 Å². The summed E-state index contributed by atoms with van der Waals surface area (Å²) in [5, 5.41) is 13.4. The van der Waals surface area contributed by atoms with Crippen LogP contribution in [0.4, 0.5) is 4.39 Å². The molecule has 0 radical (unpaired) electrons. The Morgan fingerprint density at radius 3 is 2.92 bits per heavy atom. The smallest absolute Gasteiger partial charge is 0.127 e. The zero-order valence-corrected chi connectivity index (χ0v) is 14.0. The van der Waals surface area contributed by atoms with Crippen molar-refractivity contribution in [2.75, 3.05) is 19.7 Å². The molecule has 6 heteroatoms. The van der Waals surface area contributed by atoms with Crippen LogP contribution in [0.15, 0.2) is 24.3 Å². The Morgan fingerprint density at radius 1 is 1.38 bits per heavy atom. The first kappa shape index (κ1) is 16.6. The second-order valence-electron chi connectivity index (χ2n) is 6.26. The Kier molecular flexibility index (Phi) is 4.93. The van der Waals surface area contributed by atoms with Crippen molar-refractivity contribution in [3.63, 3.8) is 0 Å². The van der Waals surface area contributed by atoms with Crippen molar-refractivity contribution < 1.29 is 9.13 Å². The first-order chi connectivity index (χ1) is 11.5. The van der Waals surface area contributed by atoms with E-state index in [1.807, 2.05) is 24.6 Å². The fourth-order valence-corrected chi connectivity index (χ4v) is 3.09. The lowest BCUT2D eigenvalue weighted by Gasteiger charge is -2.33. The minimum atomic E-state index is -0.268. The molecule has 1 aromatic carbocycles. The van der Waals surface area contributed by atoms with Gasteiger partial charge in [0, 0.05) is 30.9 Å². The minimum Gasteiger partial charge on any atom is -0.374 e. The van der Waals surface area contributed by atoms with Crippen molar-refractivity contribution in [3.8, 4) is 6.07 Å². The summed E-state index contributed by atoms with van der Waals surface area (Å²) in [6.07, 6.45) is 0.0268. The molecule has 1 aliphatic rings. The Morgan fingerprint density at radius 2 is 2.21 bits per heavy atom. The maximum Gasteiger partial charge on any atom is 0.127 e. The van der Waals surface area contributed by atoms with Gasteiger partial charge < -0.3 is 4.74 Å².